The smallest absolute Gasteiger partial charge is 0.407 e. The summed E-state index contributed by atoms with van der Waals surface area (Å²) < 4.78 is 5.16. The van der Waals surface area contributed by atoms with Crippen LogP contribution >= 0.6 is 0 Å². The Kier molecular flexibility index (Phi) is 4.80. The minimum Gasteiger partial charge on any atom is -0.465 e. The molecular weight excluding hydrogens is 218 g/mol. The Hall–Kier alpha value is -0.770. The van der Waals surface area contributed by atoms with Gasteiger partial charge in [0.2, 0.25) is 0 Å². The van der Waals surface area contributed by atoms with E-state index in [2.05, 4.69) is 0 Å². The summed E-state index contributed by atoms with van der Waals surface area (Å²) >= 11 is 0. The zero-order chi connectivity index (χ0) is 13.1. The summed E-state index contributed by atoms with van der Waals surface area (Å²) in [5, 5.41) is 9.33. The Balaban J connectivity index is 2.59. The number of hydrogen-bond donors (Lipinski definition) is 1. The molecule has 0 aromatic rings. The van der Waals surface area contributed by atoms with Gasteiger partial charge in [-0.1, -0.05) is 0 Å². The van der Waals surface area contributed by atoms with E-state index in [-0.39, 0.29) is 11.6 Å². The van der Waals surface area contributed by atoms with E-state index in [1.807, 2.05) is 20.8 Å². The quantitative estimate of drug-likeness (QED) is 0.829. The lowest BCUT2D eigenvalue weighted by Crippen LogP contribution is -2.52. The minimum absolute atomic E-state index is 0.167. The van der Waals surface area contributed by atoms with Gasteiger partial charge < -0.3 is 14.7 Å². The summed E-state index contributed by atoms with van der Waals surface area (Å²) in [6.07, 6.45) is 3.25. The molecule has 100 valence electrons. The summed E-state index contributed by atoms with van der Waals surface area (Å²) in [5.74, 6) is 0.604. The third kappa shape index (κ3) is 3.87. The van der Waals surface area contributed by atoms with Gasteiger partial charge in [0.15, 0.2) is 0 Å². The molecule has 1 saturated carbocycles. The van der Waals surface area contributed by atoms with E-state index in [9.17, 15) is 9.90 Å². The average molecular weight is 243 g/mol. The molecule has 0 spiro atoms. The van der Waals surface area contributed by atoms with Crippen molar-refractivity contribution in [2.75, 3.05) is 13.7 Å². The third-order valence-electron chi connectivity index (χ3n) is 3.51. The maximum Gasteiger partial charge on any atom is 0.407 e. The number of methoxy groups -OCH3 is 1. The van der Waals surface area contributed by atoms with Crippen LogP contribution < -0.4 is 0 Å². The number of hydrogen-bond acceptors (Lipinski definition) is 2. The molecule has 0 radical (unpaired) electrons. The summed E-state index contributed by atoms with van der Waals surface area (Å²) in [6, 6.07) is 0.167. The van der Waals surface area contributed by atoms with Crippen molar-refractivity contribution in [3.05, 3.63) is 0 Å². The fourth-order valence-corrected chi connectivity index (χ4v) is 2.80. The molecule has 1 aliphatic rings. The highest BCUT2D eigenvalue weighted by atomic mass is 16.5. The maximum atomic E-state index is 11.4. The highest BCUT2D eigenvalue weighted by Crippen LogP contribution is 2.31. The van der Waals surface area contributed by atoms with Gasteiger partial charge in [-0.25, -0.2) is 4.79 Å². The molecule has 0 aromatic heterocycles. The lowest BCUT2D eigenvalue weighted by atomic mass is 9.84. The van der Waals surface area contributed by atoms with Crippen LogP contribution in [0.2, 0.25) is 0 Å². The van der Waals surface area contributed by atoms with Gasteiger partial charge in [0, 0.05) is 25.3 Å². The molecule has 0 atom stereocenters. The SMILES string of the molecule is COC[C@H]1CC[C@H](N(C(=O)O)C(C)(C)C)CC1. The van der Waals surface area contributed by atoms with Gasteiger partial charge in [-0.3, -0.25) is 0 Å². The summed E-state index contributed by atoms with van der Waals surface area (Å²) in [6.45, 7) is 6.68. The molecule has 0 heterocycles. The molecule has 4 heteroatoms. The number of carboxylic acid groups (broad SMARTS) is 1. The molecule has 1 rings (SSSR count). The van der Waals surface area contributed by atoms with E-state index in [1.54, 1.807) is 12.0 Å². The summed E-state index contributed by atoms with van der Waals surface area (Å²) in [5.41, 5.74) is -0.315. The molecule has 1 N–H and O–H groups in total. The van der Waals surface area contributed by atoms with E-state index >= 15 is 0 Å². The van der Waals surface area contributed by atoms with Crippen molar-refractivity contribution >= 4 is 6.09 Å². The highest BCUT2D eigenvalue weighted by Gasteiger charge is 2.35. The maximum absolute atomic E-state index is 11.4. The number of carbonyl (C=O) groups is 1. The van der Waals surface area contributed by atoms with Crippen LogP contribution in [0.1, 0.15) is 46.5 Å². The van der Waals surface area contributed by atoms with Gasteiger partial charge >= 0.3 is 6.09 Å². The van der Waals surface area contributed by atoms with Crippen LogP contribution in [0.15, 0.2) is 0 Å². The monoisotopic (exact) mass is 243 g/mol. The molecule has 17 heavy (non-hydrogen) atoms. The first kappa shape index (κ1) is 14.3. The van der Waals surface area contributed by atoms with Crippen LogP contribution in [-0.4, -0.2) is 41.4 Å². The normalized spacial score (nSPS) is 25.6. The minimum atomic E-state index is -0.798. The molecule has 1 amide bonds. The van der Waals surface area contributed by atoms with Gasteiger partial charge in [-0.15, -0.1) is 0 Å². The van der Waals surface area contributed by atoms with Crippen molar-refractivity contribution in [2.45, 2.75) is 58.0 Å². The van der Waals surface area contributed by atoms with Crippen molar-refractivity contribution in [1.29, 1.82) is 0 Å². The van der Waals surface area contributed by atoms with Gasteiger partial charge in [-0.2, -0.15) is 0 Å². The van der Waals surface area contributed by atoms with Gasteiger partial charge in [0.25, 0.3) is 0 Å². The molecule has 0 aliphatic heterocycles. The van der Waals surface area contributed by atoms with E-state index in [4.69, 9.17) is 4.74 Å². The fourth-order valence-electron chi connectivity index (χ4n) is 2.80. The van der Waals surface area contributed by atoms with Crippen LogP contribution in [0, 0.1) is 5.92 Å². The largest absolute Gasteiger partial charge is 0.465 e. The van der Waals surface area contributed by atoms with Crippen molar-refractivity contribution < 1.29 is 14.6 Å². The lowest BCUT2D eigenvalue weighted by molar-refractivity contribution is 0.0406. The summed E-state index contributed by atoms with van der Waals surface area (Å²) in [7, 11) is 1.73. The average Bonchev–Trinajstić information content (AvgIpc) is 2.18. The van der Waals surface area contributed by atoms with Crippen molar-refractivity contribution in [2.24, 2.45) is 5.92 Å². The van der Waals surface area contributed by atoms with Crippen LogP contribution in [0.3, 0.4) is 0 Å². The van der Waals surface area contributed by atoms with Gasteiger partial charge in [0.05, 0.1) is 0 Å². The number of ether oxygens (including phenoxy) is 1. The van der Waals surface area contributed by atoms with Crippen molar-refractivity contribution in [1.82, 2.24) is 4.90 Å². The zero-order valence-electron chi connectivity index (χ0n) is 11.4. The Morgan fingerprint density at radius 1 is 1.29 bits per heavy atom. The third-order valence-corrected chi connectivity index (χ3v) is 3.51. The molecule has 0 unspecified atom stereocenters. The first-order chi connectivity index (χ1) is 7.86. The first-order valence-corrected chi connectivity index (χ1v) is 6.37. The Bertz CT molecular complexity index is 252. The first-order valence-electron chi connectivity index (χ1n) is 6.37. The predicted molar refractivity (Wildman–Crippen MR) is 67.2 cm³/mol. The van der Waals surface area contributed by atoms with E-state index in [0.29, 0.717) is 5.92 Å². The van der Waals surface area contributed by atoms with Crippen LogP contribution in [-0.2, 0) is 4.74 Å². The van der Waals surface area contributed by atoms with Gasteiger partial charge in [0.1, 0.15) is 0 Å². The number of rotatable bonds is 3. The molecular formula is C13H25NO3. The van der Waals surface area contributed by atoms with Crippen molar-refractivity contribution in [3.63, 3.8) is 0 Å². The fraction of sp³-hybridized carbons (Fsp3) is 0.923. The van der Waals surface area contributed by atoms with Crippen LogP contribution in [0.4, 0.5) is 4.79 Å². The molecule has 0 aromatic carbocycles. The second-order valence-electron chi connectivity index (χ2n) is 5.95. The Morgan fingerprint density at radius 2 is 1.82 bits per heavy atom. The van der Waals surface area contributed by atoms with E-state index < -0.39 is 6.09 Å². The standard InChI is InChI=1S/C13H25NO3/c1-13(2,3)14(12(15)16)11-7-5-10(6-8-11)9-17-4/h10-11H,5-9H2,1-4H3,(H,15,16)/t10-,11-. The topological polar surface area (TPSA) is 49.8 Å². The lowest BCUT2D eigenvalue weighted by Gasteiger charge is -2.42. The molecule has 4 nitrogen and oxygen atoms in total. The van der Waals surface area contributed by atoms with Gasteiger partial charge in [-0.05, 0) is 52.4 Å². The molecule has 0 saturated heterocycles. The second-order valence-corrected chi connectivity index (χ2v) is 5.95. The highest BCUT2D eigenvalue weighted by molar-refractivity contribution is 5.66. The van der Waals surface area contributed by atoms with Crippen LogP contribution in [0.25, 0.3) is 0 Å². The van der Waals surface area contributed by atoms with E-state index in [0.717, 1.165) is 32.3 Å². The molecule has 0 bridgehead atoms. The van der Waals surface area contributed by atoms with E-state index in [1.165, 1.54) is 0 Å². The predicted octanol–water partition coefficient (Wildman–Crippen LogP) is 2.97. The molecule has 1 fully saturated rings. The molecule has 1 aliphatic carbocycles. The van der Waals surface area contributed by atoms with Crippen molar-refractivity contribution in [3.8, 4) is 0 Å². The summed E-state index contributed by atoms with van der Waals surface area (Å²) in [4.78, 5) is 13.0. The Morgan fingerprint density at radius 3 is 2.18 bits per heavy atom. The number of nitrogens with zero attached hydrogens (tertiary/aromatic N) is 1. The van der Waals surface area contributed by atoms with Crippen LogP contribution in [0.5, 0.6) is 0 Å². The second kappa shape index (κ2) is 5.71. The zero-order valence-corrected chi connectivity index (χ0v) is 11.4. The number of amides is 1. The Labute approximate surface area is 104 Å².